The van der Waals surface area contributed by atoms with E-state index in [0.717, 1.165) is 25.4 Å². The summed E-state index contributed by atoms with van der Waals surface area (Å²) in [6.07, 6.45) is 9.42. The topological polar surface area (TPSA) is 39.7 Å². The van der Waals surface area contributed by atoms with Crippen molar-refractivity contribution in [2.45, 2.75) is 102 Å². The van der Waals surface area contributed by atoms with Crippen molar-refractivity contribution in [2.75, 3.05) is 19.8 Å². The molecule has 1 heterocycles. The van der Waals surface area contributed by atoms with Gasteiger partial charge in [0, 0.05) is 31.4 Å². The first kappa shape index (κ1) is 24.5. The Labute approximate surface area is 169 Å². The van der Waals surface area contributed by atoms with E-state index in [0.29, 0.717) is 11.6 Å². The van der Waals surface area contributed by atoms with Crippen molar-refractivity contribution in [3.8, 4) is 0 Å². The highest BCUT2D eigenvalue weighted by Crippen LogP contribution is 2.35. The van der Waals surface area contributed by atoms with Crippen molar-refractivity contribution in [1.82, 2.24) is 5.32 Å². The Hall–Kier alpha value is 0.491. The molecule has 156 valence electrons. The molecule has 1 N–H and O–H groups in total. The maximum absolute atomic E-state index is 5.75. The van der Waals surface area contributed by atoms with Gasteiger partial charge in [-0.2, -0.15) is 0 Å². The second kappa shape index (κ2) is 15.4. The number of hydrogen-bond donors (Lipinski definition) is 1. The highest BCUT2D eigenvalue weighted by atomic mass is 28.2. The van der Waals surface area contributed by atoms with Crippen LogP contribution in [0.3, 0.4) is 0 Å². The molecule has 2 unspecified atom stereocenters. The molecule has 7 heteroatoms. The Bertz CT molecular complexity index is 323. The molecule has 0 aromatic rings. The second-order valence-electron chi connectivity index (χ2n) is 7.97. The number of rotatable bonds is 17. The summed E-state index contributed by atoms with van der Waals surface area (Å²) in [6.45, 7) is 11.5. The first-order valence-electron chi connectivity index (χ1n) is 11.2. The summed E-state index contributed by atoms with van der Waals surface area (Å²) < 4.78 is 17.1. The average molecular weight is 420 g/mol. The van der Waals surface area contributed by atoms with E-state index >= 15 is 0 Å². The molecule has 1 rings (SSSR count). The Morgan fingerprint density at radius 2 is 1.54 bits per heavy atom. The molecule has 0 aliphatic carbocycles. The fourth-order valence-electron chi connectivity index (χ4n) is 4.22. The molecule has 1 aliphatic rings. The summed E-state index contributed by atoms with van der Waals surface area (Å²) in [4.78, 5) is 0. The van der Waals surface area contributed by atoms with Gasteiger partial charge in [-0.3, -0.25) is 0 Å². The second-order valence-corrected chi connectivity index (χ2v) is 13.2. The Balaban J connectivity index is 2.42. The molecule has 0 radical (unpaired) electrons. The maximum atomic E-state index is 5.75. The molecule has 0 aromatic heterocycles. The fraction of sp³-hybridized carbons (Fsp3) is 1.00. The van der Waals surface area contributed by atoms with Gasteiger partial charge >= 0.3 is 0 Å². The van der Waals surface area contributed by atoms with E-state index in [9.17, 15) is 0 Å². The predicted octanol–water partition coefficient (Wildman–Crippen LogP) is 2.43. The molecule has 1 saturated heterocycles. The third-order valence-electron chi connectivity index (χ3n) is 5.57. The van der Waals surface area contributed by atoms with E-state index < -0.39 is 0 Å². The molecule has 0 bridgehead atoms. The molecule has 0 saturated carbocycles. The van der Waals surface area contributed by atoms with Crippen LogP contribution in [0.1, 0.15) is 72.6 Å². The van der Waals surface area contributed by atoms with Crippen LogP contribution < -0.4 is 5.32 Å². The zero-order valence-electron chi connectivity index (χ0n) is 18.0. The van der Waals surface area contributed by atoms with Crippen molar-refractivity contribution in [1.29, 1.82) is 0 Å². The van der Waals surface area contributed by atoms with Gasteiger partial charge in [-0.1, -0.05) is 19.8 Å². The van der Waals surface area contributed by atoms with Gasteiger partial charge in [0.25, 0.3) is 0 Å². The van der Waals surface area contributed by atoms with Crippen LogP contribution in [-0.2, 0) is 13.3 Å². The molecular weight excluding hydrogens is 374 g/mol. The SMILES string of the molecule is CCO[SiH2]CCCC1(CCC[SiH2]OCC)CCC(CC(C)[SiH2]OCC)N1. The minimum Gasteiger partial charge on any atom is -0.424 e. The van der Waals surface area contributed by atoms with Gasteiger partial charge in [0.2, 0.25) is 0 Å². The van der Waals surface area contributed by atoms with Crippen LogP contribution in [0.25, 0.3) is 0 Å². The van der Waals surface area contributed by atoms with Gasteiger partial charge in [0.05, 0.1) is 0 Å². The predicted molar refractivity (Wildman–Crippen MR) is 122 cm³/mol. The van der Waals surface area contributed by atoms with E-state index in [-0.39, 0.29) is 29.3 Å². The maximum Gasteiger partial charge on any atom is 0.164 e. The van der Waals surface area contributed by atoms with E-state index in [1.807, 2.05) is 0 Å². The van der Waals surface area contributed by atoms with Gasteiger partial charge in [0.15, 0.2) is 29.3 Å². The Kier molecular flexibility index (Phi) is 14.5. The van der Waals surface area contributed by atoms with Gasteiger partial charge in [0.1, 0.15) is 0 Å². The van der Waals surface area contributed by atoms with Gasteiger partial charge < -0.3 is 18.6 Å². The zero-order valence-corrected chi connectivity index (χ0v) is 22.2. The van der Waals surface area contributed by atoms with E-state index in [1.54, 1.807) is 0 Å². The molecule has 1 fully saturated rings. The summed E-state index contributed by atoms with van der Waals surface area (Å²) in [5.41, 5.74) is 1.19. The molecule has 0 aromatic carbocycles. The monoisotopic (exact) mass is 419 g/mol. The van der Waals surface area contributed by atoms with Gasteiger partial charge in [-0.25, -0.2) is 0 Å². The fourth-order valence-corrected chi connectivity index (χ4v) is 7.29. The largest absolute Gasteiger partial charge is 0.424 e. The summed E-state index contributed by atoms with van der Waals surface area (Å²) in [7, 11) is -0.899. The number of hydrogen-bond acceptors (Lipinski definition) is 4. The molecule has 2 atom stereocenters. The lowest BCUT2D eigenvalue weighted by Crippen LogP contribution is -2.43. The minimum absolute atomic E-state index is 0.276. The lowest BCUT2D eigenvalue weighted by molar-refractivity contribution is 0.292. The van der Waals surface area contributed by atoms with E-state index in [2.05, 4.69) is 33.0 Å². The van der Waals surface area contributed by atoms with Crippen LogP contribution in [0.15, 0.2) is 0 Å². The van der Waals surface area contributed by atoms with Crippen molar-refractivity contribution in [2.24, 2.45) is 0 Å². The van der Waals surface area contributed by atoms with Crippen LogP contribution in [0.5, 0.6) is 0 Å². The third kappa shape index (κ3) is 10.7. The summed E-state index contributed by atoms with van der Waals surface area (Å²) in [5.74, 6) is 0. The summed E-state index contributed by atoms with van der Waals surface area (Å²) in [5, 5.41) is 4.11. The summed E-state index contributed by atoms with van der Waals surface area (Å²) in [6, 6.07) is 3.39. The average Bonchev–Trinajstić information content (AvgIpc) is 3.02. The lowest BCUT2D eigenvalue weighted by Gasteiger charge is -2.32. The van der Waals surface area contributed by atoms with E-state index in [4.69, 9.17) is 13.3 Å². The third-order valence-corrected chi connectivity index (χ3v) is 10.1. The lowest BCUT2D eigenvalue weighted by atomic mass is 9.87. The number of nitrogens with one attached hydrogen (secondary N) is 1. The highest BCUT2D eigenvalue weighted by molar-refractivity contribution is 6.29. The smallest absolute Gasteiger partial charge is 0.164 e. The Morgan fingerprint density at radius 1 is 0.962 bits per heavy atom. The van der Waals surface area contributed by atoms with Crippen molar-refractivity contribution in [3.05, 3.63) is 0 Å². The van der Waals surface area contributed by atoms with E-state index in [1.165, 1.54) is 57.0 Å². The van der Waals surface area contributed by atoms with Crippen molar-refractivity contribution >= 4 is 29.3 Å². The van der Waals surface area contributed by atoms with Gasteiger partial charge in [-0.05, 0) is 70.5 Å². The first-order chi connectivity index (χ1) is 12.7. The molecule has 0 amide bonds. The first-order valence-corrected chi connectivity index (χ1v) is 15.7. The minimum atomic E-state index is -0.347. The highest BCUT2D eigenvalue weighted by Gasteiger charge is 2.37. The normalized spacial score (nSPS) is 25.6. The van der Waals surface area contributed by atoms with Crippen molar-refractivity contribution in [3.63, 3.8) is 0 Å². The van der Waals surface area contributed by atoms with Crippen molar-refractivity contribution < 1.29 is 13.3 Å². The molecule has 1 aliphatic heterocycles. The van der Waals surface area contributed by atoms with Crippen LogP contribution in [0, 0.1) is 0 Å². The Morgan fingerprint density at radius 3 is 2.08 bits per heavy atom. The van der Waals surface area contributed by atoms with Crippen LogP contribution in [0.2, 0.25) is 17.6 Å². The molecule has 26 heavy (non-hydrogen) atoms. The quantitative estimate of drug-likeness (QED) is 0.290. The van der Waals surface area contributed by atoms with Crippen LogP contribution in [0.4, 0.5) is 0 Å². The zero-order chi connectivity index (χ0) is 19.1. The molecular formula is C19H45NO3Si3. The summed E-state index contributed by atoms with van der Waals surface area (Å²) >= 11 is 0. The standard InChI is InChI=1S/C19H45NO3Si3/c1-5-21-24-14-8-11-19(12-9-15-25-22-6-2)13-10-18(20-19)16-17(4)26-23-7-3/h17-18,20H,5-16,24-26H2,1-4H3. The van der Waals surface area contributed by atoms with Gasteiger partial charge in [-0.15, -0.1) is 0 Å². The van der Waals surface area contributed by atoms with Crippen LogP contribution in [-0.4, -0.2) is 60.7 Å². The molecule has 4 nitrogen and oxygen atoms in total. The molecule has 0 spiro atoms. The van der Waals surface area contributed by atoms with Crippen LogP contribution >= 0.6 is 0 Å².